The number of hydrogen-bond acceptors (Lipinski definition) is 2. The topological polar surface area (TPSA) is 33.4 Å². The summed E-state index contributed by atoms with van der Waals surface area (Å²) in [4.78, 5) is 0. The second-order valence-corrected chi connectivity index (χ2v) is 3.41. The van der Waals surface area contributed by atoms with Crippen LogP contribution < -0.4 is 0 Å². The molecular weight excluding hydrogens is 200 g/mol. The van der Waals surface area contributed by atoms with Crippen molar-refractivity contribution in [2.24, 2.45) is 0 Å². The molecule has 1 unspecified atom stereocenters. The van der Waals surface area contributed by atoms with E-state index in [2.05, 4.69) is 0 Å². The zero-order valence-electron chi connectivity index (χ0n) is 7.35. The van der Waals surface area contributed by atoms with E-state index >= 15 is 0 Å². The Bertz CT molecular complexity index is 392. The lowest BCUT2D eigenvalue weighted by molar-refractivity contribution is 0.189. The molecule has 2 nitrogen and oxygen atoms in total. The summed E-state index contributed by atoms with van der Waals surface area (Å²) < 4.78 is 5.10. The van der Waals surface area contributed by atoms with Crippen LogP contribution in [0.25, 0.3) is 0 Å². The van der Waals surface area contributed by atoms with Crippen LogP contribution in [0.1, 0.15) is 17.4 Å². The van der Waals surface area contributed by atoms with Gasteiger partial charge in [0.15, 0.2) is 0 Å². The molecule has 2 rings (SSSR count). The van der Waals surface area contributed by atoms with Gasteiger partial charge in [-0.1, -0.05) is 23.7 Å². The molecule has 0 spiro atoms. The van der Waals surface area contributed by atoms with Gasteiger partial charge >= 0.3 is 0 Å². The quantitative estimate of drug-likeness (QED) is 0.823. The summed E-state index contributed by atoms with van der Waals surface area (Å²) in [6, 6.07) is 10.5. The fourth-order valence-corrected chi connectivity index (χ4v) is 1.38. The maximum Gasteiger partial charge on any atom is 0.137 e. The highest BCUT2D eigenvalue weighted by molar-refractivity contribution is 6.30. The normalized spacial score (nSPS) is 12.7. The van der Waals surface area contributed by atoms with E-state index in [1.165, 1.54) is 6.26 Å². The molecule has 1 heterocycles. The fourth-order valence-electron chi connectivity index (χ4n) is 1.26. The molecule has 2 aromatic rings. The van der Waals surface area contributed by atoms with Crippen molar-refractivity contribution >= 4 is 11.6 Å². The molecule has 72 valence electrons. The number of aliphatic hydroxyl groups is 1. The smallest absolute Gasteiger partial charge is 0.137 e. The Morgan fingerprint density at radius 1 is 1.14 bits per heavy atom. The zero-order valence-corrected chi connectivity index (χ0v) is 8.11. The average molecular weight is 209 g/mol. The molecule has 0 saturated heterocycles. The monoisotopic (exact) mass is 208 g/mol. The van der Waals surface area contributed by atoms with E-state index in [0.717, 1.165) is 5.56 Å². The van der Waals surface area contributed by atoms with Gasteiger partial charge < -0.3 is 9.52 Å². The molecule has 0 radical (unpaired) electrons. The van der Waals surface area contributed by atoms with Gasteiger partial charge in [-0.25, -0.2) is 0 Å². The van der Waals surface area contributed by atoms with Gasteiger partial charge in [-0.3, -0.25) is 0 Å². The zero-order chi connectivity index (χ0) is 9.97. The molecule has 14 heavy (non-hydrogen) atoms. The van der Waals surface area contributed by atoms with Crippen LogP contribution in [0, 0.1) is 0 Å². The van der Waals surface area contributed by atoms with Crippen LogP contribution in [0.2, 0.25) is 5.02 Å². The number of furan rings is 1. The highest BCUT2D eigenvalue weighted by atomic mass is 35.5. The van der Waals surface area contributed by atoms with E-state index in [1.54, 1.807) is 36.4 Å². The van der Waals surface area contributed by atoms with Crippen molar-refractivity contribution in [3.8, 4) is 0 Å². The van der Waals surface area contributed by atoms with Gasteiger partial charge in [0.2, 0.25) is 0 Å². The van der Waals surface area contributed by atoms with Crippen molar-refractivity contribution in [2.75, 3.05) is 0 Å². The fraction of sp³-hybridized carbons (Fsp3) is 0.0909. The number of benzene rings is 1. The Morgan fingerprint density at radius 2 is 1.86 bits per heavy atom. The first-order valence-electron chi connectivity index (χ1n) is 4.24. The van der Waals surface area contributed by atoms with Gasteiger partial charge in [-0.15, -0.1) is 0 Å². The predicted octanol–water partition coefficient (Wildman–Crippen LogP) is 3.01. The molecule has 0 fully saturated rings. The molecule has 0 aliphatic rings. The number of aliphatic hydroxyl groups excluding tert-OH is 1. The summed E-state index contributed by atoms with van der Waals surface area (Å²) in [5, 5.41) is 10.5. The van der Waals surface area contributed by atoms with E-state index in [1.807, 2.05) is 0 Å². The molecule has 0 saturated carbocycles. The second-order valence-electron chi connectivity index (χ2n) is 2.97. The van der Waals surface area contributed by atoms with Crippen molar-refractivity contribution < 1.29 is 9.52 Å². The molecule has 0 aliphatic carbocycles. The van der Waals surface area contributed by atoms with E-state index in [9.17, 15) is 5.11 Å². The van der Waals surface area contributed by atoms with Crippen LogP contribution in [-0.2, 0) is 0 Å². The Hall–Kier alpha value is -1.25. The van der Waals surface area contributed by atoms with E-state index in [4.69, 9.17) is 16.0 Å². The second kappa shape index (κ2) is 3.86. The van der Waals surface area contributed by atoms with Gasteiger partial charge in [0.05, 0.1) is 6.26 Å². The number of halogens is 1. The van der Waals surface area contributed by atoms with E-state index in [-0.39, 0.29) is 0 Å². The molecule has 0 amide bonds. The molecule has 1 N–H and O–H groups in total. The van der Waals surface area contributed by atoms with Crippen LogP contribution in [-0.4, -0.2) is 5.11 Å². The minimum atomic E-state index is -0.720. The van der Waals surface area contributed by atoms with Crippen LogP contribution in [0.15, 0.2) is 47.1 Å². The number of rotatable bonds is 2. The number of hydrogen-bond donors (Lipinski definition) is 1. The summed E-state index contributed by atoms with van der Waals surface area (Å²) in [6.07, 6.45) is 0.816. The first-order valence-corrected chi connectivity index (χ1v) is 4.62. The summed E-state index contributed by atoms with van der Waals surface area (Å²) in [5.41, 5.74) is 0.768. The van der Waals surface area contributed by atoms with Gasteiger partial charge in [0, 0.05) is 5.02 Å². The van der Waals surface area contributed by atoms with Crippen LogP contribution in [0.3, 0.4) is 0 Å². The minimum Gasteiger partial charge on any atom is -0.466 e. The van der Waals surface area contributed by atoms with Crippen molar-refractivity contribution in [1.82, 2.24) is 0 Å². The lowest BCUT2D eigenvalue weighted by Crippen LogP contribution is -1.96. The summed E-state index contributed by atoms with van der Waals surface area (Å²) in [7, 11) is 0. The molecule has 1 aromatic carbocycles. The molecular formula is C11H9ClO2. The molecule has 0 aliphatic heterocycles. The van der Waals surface area contributed by atoms with Gasteiger partial charge in [-0.2, -0.15) is 0 Å². The van der Waals surface area contributed by atoms with Crippen LogP contribution >= 0.6 is 11.6 Å². The maximum absolute atomic E-state index is 9.83. The van der Waals surface area contributed by atoms with Crippen LogP contribution in [0.5, 0.6) is 0 Å². The largest absolute Gasteiger partial charge is 0.466 e. The Labute approximate surface area is 86.7 Å². The third-order valence-electron chi connectivity index (χ3n) is 2.00. The lowest BCUT2D eigenvalue weighted by Gasteiger charge is -2.07. The Balaban J connectivity index is 2.28. The van der Waals surface area contributed by atoms with Crippen LogP contribution in [0.4, 0.5) is 0 Å². The molecule has 0 bridgehead atoms. The highest BCUT2D eigenvalue weighted by Gasteiger charge is 2.12. The van der Waals surface area contributed by atoms with Gasteiger partial charge in [0.25, 0.3) is 0 Å². The van der Waals surface area contributed by atoms with Gasteiger partial charge in [-0.05, 0) is 29.8 Å². The molecule has 3 heteroatoms. The third-order valence-corrected chi connectivity index (χ3v) is 2.25. The predicted molar refractivity (Wildman–Crippen MR) is 54.2 cm³/mol. The maximum atomic E-state index is 9.83. The highest BCUT2D eigenvalue weighted by Crippen LogP contribution is 2.23. The summed E-state index contributed by atoms with van der Waals surface area (Å²) >= 11 is 5.74. The van der Waals surface area contributed by atoms with Crippen molar-refractivity contribution in [1.29, 1.82) is 0 Å². The van der Waals surface area contributed by atoms with E-state index in [0.29, 0.717) is 10.8 Å². The molecule has 1 atom stereocenters. The first kappa shape index (κ1) is 9.31. The van der Waals surface area contributed by atoms with Crippen molar-refractivity contribution in [3.63, 3.8) is 0 Å². The van der Waals surface area contributed by atoms with Gasteiger partial charge in [0.1, 0.15) is 11.9 Å². The summed E-state index contributed by atoms with van der Waals surface area (Å²) in [5.74, 6) is 0.535. The molecule has 1 aromatic heterocycles. The standard InChI is InChI=1S/C11H9ClO2/c12-9-5-3-8(4-6-9)11(13)10-2-1-7-14-10/h1-7,11,13H. The third kappa shape index (κ3) is 1.81. The van der Waals surface area contributed by atoms with E-state index < -0.39 is 6.10 Å². The first-order chi connectivity index (χ1) is 6.77. The Kier molecular flexibility index (Phi) is 2.57. The SMILES string of the molecule is OC(c1ccc(Cl)cc1)c1ccco1. The lowest BCUT2D eigenvalue weighted by atomic mass is 10.1. The summed E-state index contributed by atoms with van der Waals surface area (Å²) in [6.45, 7) is 0. The minimum absolute atomic E-state index is 0.535. The van der Waals surface area contributed by atoms with Crippen molar-refractivity contribution in [3.05, 3.63) is 59.0 Å². The average Bonchev–Trinajstić information content (AvgIpc) is 2.71. The van der Waals surface area contributed by atoms with Crippen molar-refractivity contribution in [2.45, 2.75) is 6.10 Å². The Morgan fingerprint density at radius 3 is 2.43 bits per heavy atom.